The van der Waals surface area contributed by atoms with E-state index in [4.69, 9.17) is 0 Å². The second kappa shape index (κ2) is 20.6. The standard InChI is InChI=1S/GeH4.H2Se.H4Si.Zn/h1H4;1H2;1H4;. The fraction of sp³-hybridized carbons (Fsp3) is 0. The first-order chi connectivity index (χ1) is 0. The molecular weight excluding hydrogens is 245 g/mol. The summed E-state index contributed by atoms with van der Waals surface area (Å²) in [6.45, 7) is 0. The molecule has 0 aliphatic heterocycles. The van der Waals surface area contributed by atoms with Gasteiger partial charge in [-0.25, -0.2) is 0 Å². The van der Waals surface area contributed by atoms with E-state index in [1.807, 2.05) is 0 Å². The Morgan fingerprint density at radius 1 is 1.00 bits per heavy atom. The van der Waals surface area contributed by atoms with Gasteiger partial charge in [0.15, 0.2) is 0 Å². The molecule has 0 nitrogen and oxygen atoms in total. The molecule has 0 aromatic rings. The molecular formula is H10GeSeSiZn. The van der Waals surface area contributed by atoms with Crippen LogP contribution in [-0.4, -0.2) is 45.6 Å². The molecule has 26 valence electrons. The summed E-state index contributed by atoms with van der Waals surface area (Å²) in [6.07, 6.45) is 0. The van der Waals surface area contributed by atoms with Gasteiger partial charge in [0.05, 0.1) is 0 Å². The minimum Gasteiger partial charge on any atom is -0.0149 e. The van der Waals surface area contributed by atoms with E-state index in [1.54, 1.807) is 0 Å². The normalized spacial score (nSPS) is 0. The van der Waals surface area contributed by atoms with Gasteiger partial charge in [0.2, 0.25) is 0 Å². The summed E-state index contributed by atoms with van der Waals surface area (Å²) in [5.41, 5.74) is 0. The van der Waals surface area contributed by atoms with Gasteiger partial charge in [-0.15, -0.1) is 0 Å². The van der Waals surface area contributed by atoms with E-state index >= 15 is 0 Å². The van der Waals surface area contributed by atoms with Crippen LogP contribution in [-0.2, 0) is 19.5 Å². The van der Waals surface area contributed by atoms with E-state index in [2.05, 4.69) is 0 Å². The molecule has 4 heteroatoms. The molecule has 0 radical (unpaired) electrons. The topological polar surface area (TPSA) is 0 Å². The molecule has 0 heterocycles. The zero-order chi connectivity index (χ0) is 0. The minimum absolute atomic E-state index is 0. The van der Waals surface area contributed by atoms with Gasteiger partial charge in [-0.05, 0) is 11.0 Å². The molecule has 0 atom stereocenters. The SMILES string of the molecule is [GeH4].[SeH2].[SiH4].[Zn]. The van der Waals surface area contributed by atoms with Crippen LogP contribution in [0.2, 0.25) is 0 Å². The van der Waals surface area contributed by atoms with Crippen molar-refractivity contribution in [3.63, 3.8) is 0 Å². The molecule has 0 aliphatic carbocycles. The minimum atomic E-state index is 0. The predicted molar refractivity (Wildman–Crippen MR) is 31.2 cm³/mol. The van der Waals surface area contributed by atoms with E-state index in [0.29, 0.717) is 0 Å². The predicted octanol–water partition coefficient (Wildman–Crippen LogP) is -3.82. The average molecular weight is 255 g/mol. The number of rotatable bonds is 0. The van der Waals surface area contributed by atoms with Crippen LogP contribution in [0.5, 0.6) is 0 Å². The Hall–Kier alpha value is 1.90. The zero-order valence-electron chi connectivity index (χ0n) is 1.21. The number of hydrogen-bond donors (Lipinski definition) is 0. The third kappa shape index (κ3) is 9.08. The fourth-order valence-corrected chi connectivity index (χ4v) is 0. The van der Waals surface area contributed by atoms with Crippen molar-refractivity contribution in [3.8, 4) is 0 Å². The molecule has 4 heavy (non-hydrogen) atoms. The Morgan fingerprint density at radius 2 is 1.00 bits per heavy atom. The molecule has 0 saturated carbocycles. The van der Waals surface area contributed by atoms with E-state index in [1.165, 1.54) is 0 Å². The summed E-state index contributed by atoms with van der Waals surface area (Å²) < 4.78 is 0. The van der Waals surface area contributed by atoms with Crippen LogP contribution in [0.3, 0.4) is 0 Å². The van der Waals surface area contributed by atoms with Crippen molar-refractivity contribution < 1.29 is 19.5 Å². The van der Waals surface area contributed by atoms with Gasteiger partial charge in [0, 0.05) is 19.5 Å². The van der Waals surface area contributed by atoms with E-state index < -0.39 is 0 Å². The largest absolute Gasteiger partial charge is 0.0149 e. The fourth-order valence-electron chi connectivity index (χ4n) is 0. The van der Waals surface area contributed by atoms with Gasteiger partial charge in [-0.3, -0.25) is 0 Å². The molecule has 0 fully saturated rings. The summed E-state index contributed by atoms with van der Waals surface area (Å²) in [5, 5.41) is 0. The second-order valence-electron chi connectivity index (χ2n) is 0. The summed E-state index contributed by atoms with van der Waals surface area (Å²) in [4.78, 5) is 0. The van der Waals surface area contributed by atoms with E-state index in [-0.39, 0.29) is 65.1 Å². The maximum absolute atomic E-state index is 0. The van der Waals surface area contributed by atoms with Gasteiger partial charge < -0.3 is 0 Å². The van der Waals surface area contributed by atoms with E-state index in [9.17, 15) is 0 Å². The molecule has 0 aliphatic rings. The van der Waals surface area contributed by atoms with Gasteiger partial charge in [0.25, 0.3) is 0 Å². The molecule has 0 saturated heterocycles. The Bertz CT molecular complexity index is 8.00. The van der Waals surface area contributed by atoms with Crippen molar-refractivity contribution in [1.29, 1.82) is 0 Å². The van der Waals surface area contributed by atoms with Gasteiger partial charge in [-0.2, -0.15) is 0 Å². The average Bonchev–Trinajstić information content (AvgIpc) is 0. The summed E-state index contributed by atoms with van der Waals surface area (Å²) in [5.74, 6) is 0. The molecule has 0 aromatic carbocycles. The van der Waals surface area contributed by atoms with Crippen LogP contribution >= 0.6 is 0 Å². The summed E-state index contributed by atoms with van der Waals surface area (Å²) in [7, 11) is 0. The van der Waals surface area contributed by atoms with Gasteiger partial charge in [-0.1, -0.05) is 0 Å². The van der Waals surface area contributed by atoms with Gasteiger partial charge >= 0.3 is 34.7 Å². The van der Waals surface area contributed by atoms with Crippen molar-refractivity contribution in [2.45, 2.75) is 0 Å². The zero-order valence-corrected chi connectivity index (χ0v) is 6.27. The molecule has 0 unspecified atom stereocenters. The molecule has 0 rings (SSSR count). The number of hydrogen-bond acceptors (Lipinski definition) is 0. The van der Waals surface area contributed by atoms with Crippen LogP contribution in [0.15, 0.2) is 0 Å². The van der Waals surface area contributed by atoms with E-state index in [0.717, 1.165) is 0 Å². The third-order valence-electron chi connectivity index (χ3n) is 0. The molecule has 0 amide bonds. The maximum Gasteiger partial charge on any atom is 0 e. The monoisotopic (exact) mass is 256 g/mol. The van der Waals surface area contributed by atoms with Gasteiger partial charge in [0.1, 0.15) is 0 Å². The van der Waals surface area contributed by atoms with Crippen LogP contribution in [0.1, 0.15) is 0 Å². The van der Waals surface area contributed by atoms with Crippen LogP contribution < -0.4 is 0 Å². The Morgan fingerprint density at radius 3 is 1.00 bits per heavy atom. The second-order valence-corrected chi connectivity index (χ2v) is 0. The molecule has 0 spiro atoms. The van der Waals surface area contributed by atoms with Crippen LogP contribution in [0.4, 0.5) is 0 Å². The maximum atomic E-state index is 0. The molecule has 0 N–H and O–H groups in total. The van der Waals surface area contributed by atoms with Crippen molar-refractivity contribution in [3.05, 3.63) is 0 Å². The Kier molecular flexibility index (Phi) is 202. The summed E-state index contributed by atoms with van der Waals surface area (Å²) >= 11 is 0. The Balaban J connectivity index is 0. The van der Waals surface area contributed by atoms with Crippen molar-refractivity contribution in [2.75, 3.05) is 0 Å². The summed E-state index contributed by atoms with van der Waals surface area (Å²) in [6, 6.07) is 0. The van der Waals surface area contributed by atoms with Crippen molar-refractivity contribution in [1.82, 2.24) is 0 Å². The molecule has 0 aromatic heterocycles. The van der Waals surface area contributed by atoms with Crippen LogP contribution in [0, 0.1) is 0 Å². The van der Waals surface area contributed by atoms with Crippen LogP contribution in [0.25, 0.3) is 0 Å². The van der Waals surface area contributed by atoms with Crippen molar-refractivity contribution >= 4 is 45.6 Å². The first-order valence-electron chi connectivity index (χ1n) is 0. The smallest absolute Gasteiger partial charge is 0 e. The van der Waals surface area contributed by atoms with Crippen molar-refractivity contribution in [2.24, 2.45) is 0 Å². The first kappa shape index (κ1) is 39.2. The quantitative estimate of drug-likeness (QED) is 0.389. The third-order valence-corrected chi connectivity index (χ3v) is 0. The first-order valence-corrected chi connectivity index (χ1v) is 0. The Labute approximate surface area is 64.7 Å². The molecule has 0 bridgehead atoms.